The van der Waals surface area contributed by atoms with Crippen LogP contribution < -0.4 is 15.4 Å². The summed E-state index contributed by atoms with van der Waals surface area (Å²) in [7, 11) is 0. The normalized spacial score (nSPS) is 19.4. The van der Waals surface area contributed by atoms with E-state index in [0.29, 0.717) is 42.5 Å². The molecule has 3 heterocycles. The Morgan fingerprint density at radius 1 is 1.14 bits per heavy atom. The third kappa shape index (κ3) is 7.79. The number of aromatic nitrogens is 1. The summed E-state index contributed by atoms with van der Waals surface area (Å²) in [5.41, 5.74) is -0.114. The second-order valence-electron chi connectivity index (χ2n) is 10.6. The lowest BCUT2D eigenvalue weighted by atomic mass is 9.97. The number of rotatable bonds is 8. The number of nitrogens with zero attached hydrogens (tertiary/aromatic N) is 2. The van der Waals surface area contributed by atoms with Gasteiger partial charge in [0.2, 0.25) is 11.8 Å². The highest BCUT2D eigenvalue weighted by Gasteiger charge is 2.26. The summed E-state index contributed by atoms with van der Waals surface area (Å²) in [6, 6.07) is 7.38. The molecule has 1 aromatic heterocycles. The van der Waals surface area contributed by atoms with E-state index in [4.69, 9.17) is 4.74 Å². The minimum atomic E-state index is -1.18. The molecule has 0 radical (unpaired) electrons. The zero-order chi connectivity index (χ0) is 26.4. The second kappa shape index (κ2) is 12.1. The molecule has 9 heteroatoms. The van der Waals surface area contributed by atoms with E-state index in [1.165, 1.54) is 12.1 Å². The number of hydrogen-bond acceptors (Lipinski definition) is 6. The van der Waals surface area contributed by atoms with Crippen LogP contribution in [0.15, 0.2) is 36.5 Å². The third-order valence-electron chi connectivity index (χ3n) is 6.92. The van der Waals surface area contributed by atoms with Crippen molar-refractivity contribution in [2.45, 2.75) is 57.7 Å². The van der Waals surface area contributed by atoms with Crippen molar-refractivity contribution >= 4 is 11.8 Å². The van der Waals surface area contributed by atoms with Crippen LogP contribution in [0.25, 0.3) is 11.1 Å². The molecule has 2 aromatic rings. The number of halogens is 2. The molecule has 2 aliphatic heterocycles. The van der Waals surface area contributed by atoms with E-state index in [2.05, 4.69) is 20.5 Å². The van der Waals surface area contributed by atoms with Gasteiger partial charge in [-0.3, -0.25) is 14.9 Å². The van der Waals surface area contributed by atoms with Crippen molar-refractivity contribution in [2.24, 2.45) is 5.92 Å². The molecule has 7 nitrogen and oxygen atoms in total. The zero-order valence-electron chi connectivity index (χ0n) is 21.6. The first-order valence-electron chi connectivity index (χ1n) is 13.1. The maximum absolute atomic E-state index is 14.7. The molecule has 37 heavy (non-hydrogen) atoms. The first-order valence-corrected chi connectivity index (χ1v) is 13.1. The number of carbonyl (C=O) groups is 2. The van der Waals surface area contributed by atoms with Crippen molar-refractivity contribution in [1.29, 1.82) is 0 Å². The number of hydrogen-bond donors (Lipinski definition) is 2. The maximum Gasteiger partial charge on any atom is 0.260 e. The smallest absolute Gasteiger partial charge is 0.260 e. The summed E-state index contributed by atoms with van der Waals surface area (Å²) >= 11 is 0. The molecule has 2 saturated heterocycles. The summed E-state index contributed by atoms with van der Waals surface area (Å²) in [4.78, 5) is 31.2. The number of nitrogens with one attached hydrogen (secondary N) is 2. The van der Waals surface area contributed by atoms with Gasteiger partial charge in [0.15, 0.2) is 0 Å². The van der Waals surface area contributed by atoms with Gasteiger partial charge >= 0.3 is 0 Å². The van der Waals surface area contributed by atoms with Gasteiger partial charge in [0.05, 0.1) is 18.2 Å². The van der Waals surface area contributed by atoms with E-state index in [1.54, 1.807) is 38.2 Å². The van der Waals surface area contributed by atoms with Crippen LogP contribution in [0.5, 0.6) is 5.88 Å². The molecule has 200 valence electrons. The second-order valence-corrected chi connectivity index (χ2v) is 10.6. The van der Waals surface area contributed by atoms with Gasteiger partial charge in [0.25, 0.3) is 5.91 Å². The van der Waals surface area contributed by atoms with Crippen molar-refractivity contribution in [3.8, 4) is 17.0 Å². The Balaban J connectivity index is 1.28. The molecular weight excluding hydrogens is 478 g/mol. The lowest BCUT2D eigenvalue weighted by Crippen LogP contribution is -2.48. The van der Waals surface area contributed by atoms with Crippen LogP contribution in [0.3, 0.4) is 0 Å². The summed E-state index contributed by atoms with van der Waals surface area (Å²) in [5, 5.41) is 5.37. The molecule has 0 spiro atoms. The van der Waals surface area contributed by atoms with Crippen molar-refractivity contribution in [3.05, 3.63) is 47.9 Å². The predicted molar refractivity (Wildman–Crippen MR) is 138 cm³/mol. The Hall–Kier alpha value is -2.91. The quantitative estimate of drug-likeness (QED) is 0.516. The minimum absolute atomic E-state index is 0.179. The molecule has 0 unspecified atom stereocenters. The topological polar surface area (TPSA) is 83.6 Å². The summed E-state index contributed by atoms with van der Waals surface area (Å²) in [5.74, 6) is -0.997. The fraction of sp³-hybridized carbons (Fsp3) is 0.536. The number of likely N-dealkylation sites (tertiary alicyclic amines) is 1. The number of pyridine rings is 1. The number of amides is 2. The predicted octanol–water partition coefficient (Wildman–Crippen LogP) is 4.13. The largest absolute Gasteiger partial charge is 0.477 e. The molecule has 2 fully saturated rings. The molecule has 0 saturated carbocycles. The van der Waals surface area contributed by atoms with Crippen molar-refractivity contribution in [3.63, 3.8) is 0 Å². The highest BCUT2D eigenvalue weighted by molar-refractivity contribution is 6.06. The van der Waals surface area contributed by atoms with Gasteiger partial charge in [0, 0.05) is 24.4 Å². The lowest BCUT2D eigenvalue weighted by Gasteiger charge is -2.34. The number of imide groups is 1. The first kappa shape index (κ1) is 27.1. The Morgan fingerprint density at radius 3 is 2.51 bits per heavy atom. The lowest BCUT2D eigenvalue weighted by molar-refractivity contribution is -0.122. The van der Waals surface area contributed by atoms with E-state index in [9.17, 15) is 18.4 Å². The monoisotopic (exact) mass is 514 g/mol. The van der Waals surface area contributed by atoms with E-state index in [0.717, 1.165) is 45.3 Å². The van der Waals surface area contributed by atoms with Crippen molar-refractivity contribution < 1.29 is 23.1 Å². The third-order valence-corrected chi connectivity index (χ3v) is 6.92. The van der Waals surface area contributed by atoms with Crippen LogP contribution in [-0.4, -0.2) is 66.2 Å². The molecule has 2 aliphatic rings. The molecule has 0 bridgehead atoms. The number of alkyl halides is 1. The van der Waals surface area contributed by atoms with E-state index in [1.807, 2.05) is 0 Å². The van der Waals surface area contributed by atoms with Crippen LogP contribution >= 0.6 is 0 Å². The fourth-order valence-corrected chi connectivity index (χ4v) is 4.90. The Kier molecular flexibility index (Phi) is 8.87. The average molecular weight is 515 g/mol. The van der Waals surface area contributed by atoms with Crippen LogP contribution in [0.2, 0.25) is 0 Å². The molecular formula is C28H36F2N4O3. The summed E-state index contributed by atoms with van der Waals surface area (Å²) in [6.45, 7) is 6.66. The highest BCUT2D eigenvalue weighted by Crippen LogP contribution is 2.25. The van der Waals surface area contributed by atoms with Gasteiger partial charge in [-0.15, -0.1) is 0 Å². The van der Waals surface area contributed by atoms with Crippen LogP contribution in [-0.2, 0) is 4.79 Å². The van der Waals surface area contributed by atoms with Gasteiger partial charge in [0.1, 0.15) is 11.5 Å². The van der Waals surface area contributed by atoms with Crippen molar-refractivity contribution in [2.75, 3.05) is 32.8 Å². The summed E-state index contributed by atoms with van der Waals surface area (Å²) < 4.78 is 34.5. The van der Waals surface area contributed by atoms with Gasteiger partial charge in [-0.25, -0.2) is 13.8 Å². The number of carbonyl (C=O) groups excluding carboxylic acids is 2. The minimum Gasteiger partial charge on any atom is -0.477 e. The summed E-state index contributed by atoms with van der Waals surface area (Å²) in [6.07, 6.45) is 6.09. The molecule has 1 aromatic carbocycles. The Bertz CT molecular complexity index is 1070. The number of ether oxygens (including phenoxy) is 1. The molecule has 1 atom stereocenters. The molecule has 4 rings (SSSR count). The van der Waals surface area contributed by atoms with Gasteiger partial charge < -0.3 is 15.0 Å². The average Bonchev–Trinajstić information content (AvgIpc) is 2.88. The molecule has 2 N–H and O–H groups in total. The van der Waals surface area contributed by atoms with Gasteiger partial charge in [-0.1, -0.05) is 12.5 Å². The standard InChI is InChI=1S/C28H36F2N4O3/c1-28(2,30)18-34-13-10-19(11-14-34)17-37-25-9-7-21(16-32-25)20-6-8-22(23(29)15-20)26(35)33-27(36)24-5-3-4-12-31-24/h6-9,15-16,19,24,31H,3-5,10-14,17-18H2,1-2H3,(H,33,35,36)/t24-/m0/s1. The maximum atomic E-state index is 14.7. The van der Waals surface area contributed by atoms with Crippen molar-refractivity contribution in [1.82, 2.24) is 20.5 Å². The molecule has 0 aliphatic carbocycles. The zero-order valence-corrected chi connectivity index (χ0v) is 21.6. The number of piperidine rings is 2. The van der Waals surface area contributed by atoms with E-state index >= 15 is 0 Å². The molecule has 2 amide bonds. The SMILES string of the molecule is CC(C)(F)CN1CCC(COc2ccc(-c3ccc(C(=O)NC(=O)[C@@H]4CCCCN4)c(F)c3)cn2)CC1. The van der Waals surface area contributed by atoms with E-state index < -0.39 is 29.3 Å². The van der Waals surface area contributed by atoms with Gasteiger partial charge in [-0.2, -0.15) is 0 Å². The van der Waals surface area contributed by atoms with Crippen LogP contribution in [0, 0.1) is 11.7 Å². The van der Waals surface area contributed by atoms with Crippen LogP contribution in [0.4, 0.5) is 8.78 Å². The van der Waals surface area contributed by atoms with Gasteiger partial charge in [-0.05, 0) is 88.8 Å². The van der Waals surface area contributed by atoms with E-state index in [-0.39, 0.29) is 5.56 Å². The first-order chi connectivity index (χ1) is 17.7. The number of benzene rings is 1. The fourth-order valence-electron chi connectivity index (χ4n) is 4.90. The van der Waals surface area contributed by atoms with Crippen LogP contribution in [0.1, 0.15) is 56.3 Å². The highest BCUT2D eigenvalue weighted by atomic mass is 19.1. The Labute approximate surface area is 217 Å². The Morgan fingerprint density at radius 2 is 1.89 bits per heavy atom.